The van der Waals surface area contributed by atoms with E-state index in [2.05, 4.69) is 15.6 Å². The second-order valence-electron chi connectivity index (χ2n) is 5.86. The van der Waals surface area contributed by atoms with E-state index in [4.69, 9.17) is 5.11 Å². The quantitative estimate of drug-likeness (QED) is 0.642. The summed E-state index contributed by atoms with van der Waals surface area (Å²) >= 11 is 1.22. The normalized spacial score (nSPS) is 10.7. The summed E-state index contributed by atoms with van der Waals surface area (Å²) in [6.45, 7) is 5.94. The first-order valence-corrected chi connectivity index (χ1v) is 8.45. The standard InChI is InChI=1S/C18H17N3O3S/c1-9-6-10(2)15(11(3)7-9)20-16(22)12-4-5-14-13(8-12)19-17(25-14)21-18(23)24/h4-8H,1-3H3,(H,19,21)(H,20,22)(H,23,24). The Morgan fingerprint density at radius 2 is 1.72 bits per heavy atom. The van der Waals surface area contributed by atoms with Crippen molar-refractivity contribution in [3.05, 3.63) is 52.6 Å². The molecular weight excluding hydrogens is 338 g/mol. The molecule has 2 amide bonds. The number of hydrogen-bond donors (Lipinski definition) is 3. The number of benzene rings is 2. The fourth-order valence-corrected chi connectivity index (χ4v) is 3.61. The smallest absolute Gasteiger partial charge is 0.410 e. The van der Waals surface area contributed by atoms with Gasteiger partial charge < -0.3 is 10.4 Å². The van der Waals surface area contributed by atoms with E-state index in [0.717, 1.165) is 27.1 Å². The Labute approximate surface area is 148 Å². The molecule has 0 aliphatic heterocycles. The predicted molar refractivity (Wildman–Crippen MR) is 99.9 cm³/mol. The molecule has 0 radical (unpaired) electrons. The van der Waals surface area contributed by atoms with Crippen molar-refractivity contribution < 1.29 is 14.7 Å². The molecule has 0 aliphatic carbocycles. The number of fused-ring (bicyclic) bond motifs is 1. The van der Waals surface area contributed by atoms with E-state index in [1.165, 1.54) is 11.3 Å². The van der Waals surface area contributed by atoms with E-state index in [0.29, 0.717) is 11.1 Å². The van der Waals surface area contributed by atoms with Gasteiger partial charge in [-0.2, -0.15) is 0 Å². The first kappa shape index (κ1) is 16.9. The lowest BCUT2D eigenvalue weighted by molar-refractivity contribution is 0.102. The molecule has 3 rings (SSSR count). The van der Waals surface area contributed by atoms with Crippen molar-refractivity contribution in [2.45, 2.75) is 20.8 Å². The van der Waals surface area contributed by atoms with Gasteiger partial charge >= 0.3 is 6.09 Å². The number of carbonyl (C=O) groups is 2. The lowest BCUT2D eigenvalue weighted by Gasteiger charge is -2.12. The van der Waals surface area contributed by atoms with Crippen LogP contribution in [0.3, 0.4) is 0 Å². The summed E-state index contributed by atoms with van der Waals surface area (Å²) < 4.78 is 0.808. The van der Waals surface area contributed by atoms with E-state index in [1.54, 1.807) is 18.2 Å². The van der Waals surface area contributed by atoms with E-state index in [9.17, 15) is 9.59 Å². The molecule has 0 unspecified atom stereocenters. The number of carbonyl (C=O) groups excluding carboxylic acids is 1. The molecule has 0 saturated carbocycles. The number of aryl methyl sites for hydroxylation is 3. The number of anilines is 2. The van der Waals surface area contributed by atoms with Gasteiger partial charge in [0.15, 0.2) is 5.13 Å². The number of nitrogens with zero attached hydrogens (tertiary/aromatic N) is 1. The van der Waals surface area contributed by atoms with Crippen LogP contribution in [-0.2, 0) is 0 Å². The van der Waals surface area contributed by atoms with Crippen molar-refractivity contribution >= 4 is 44.4 Å². The maximum atomic E-state index is 12.6. The third kappa shape index (κ3) is 3.61. The van der Waals surface area contributed by atoms with Crippen LogP contribution < -0.4 is 10.6 Å². The average molecular weight is 355 g/mol. The van der Waals surface area contributed by atoms with Gasteiger partial charge in [0.1, 0.15) is 0 Å². The second kappa shape index (κ2) is 6.52. The van der Waals surface area contributed by atoms with E-state index in [1.807, 2.05) is 32.9 Å². The largest absolute Gasteiger partial charge is 0.465 e. The summed E-state index contributed by atoms with van der Waals surface area (Å²) in [5.74, 6) is -0.224. The summed E-state index contributed by atoms with van der Waals surface area (Å²) in [4.78, 5) is 27.5. The number of hydrogen-bond acceptors (Lipinski definition) is 4. The Balaban J connectivity index is 1.88. The van der Waals surface area contributed by atoms with Crippen LogP contribution in [0.1, 0.15) is 27.0 Å². The zero-order valence-corrected chi connectivity index (χ0v) is 14.8. The monoisotopic (exact) mass is 355 g/mol. The summed E-state index contributed by atoms with van der Waals surface area (Å²) in [5, 5.41) is 14.2. The summed E-state index contributed by atoms with van der Waals surface area (Å²) in [7, 11) is 0. The van der Waals surface area contributed by atoms with Crippen molar-refractivity contribution in [1.29, 1.82) is 0 Å². The molecule has 2 aromatic carbocycles. The first-order chi connectivity index (χ1) is 11.8. The number of thiazole rings is 1. The van der Waals surface area contributed by atoms with Gasteiger partial charge in [-0.15, -0.1) is 0 Å². The van der Waals surface area contributed by atoms with Crippen LogP contribution >= 0.6 is 11.3 Å². The Morgan fingerprint density at radius 3 is 2.36 bits per heavy atom. The van der Waals surface area contributed by atoms with E-state index < -0.39 is 6.09 Å². The highest BCUT2D eigenvalue weighted by Gasteiger charge is 2.13. The Bertz CT molecular complexity index is 971. The molecule has 0 aliphatic rings. The van der Waals surface area contributed by atoms with Crippen LogP contribution in [-0.4, -0.2) is 22.1 Å². The highest BCUT2D eigenvalue weighted by molar-refractivity contribution is 7.22. The highest BCUT2D eigenvalue weighted by Crippen LogP contribution is 2.27. The maximum absolute atomic E-state index is 12.6. The maximum Gasteiger partial charge on any atom is 0.410 e. The minimum atomic E-state index is -1.16. The lowest BCUT2D eigenvalue weighted by Crippen LogP contribution is -2.13. The molecule has 0 fully saturated rings. The van der Waals surface area contributed by atoms with Gasteiger partial charge in [-0.25, -0.2) is 9.78 Å². The third-order valence-corrected chi connectivity index (χ3v) is 4.73. The molecule has 6 nitrogen and oxygen atoms in total. The molecule has 3 aromatic rings. The predicted octanol–water partition coefficient (Wildman–Crippen LogP) is 4.56. The van der Waals surface area contributed by atoms with Crippen molar-refractivity contribution in [2.24, 2.45) is 0 Å². The van der Waals surface area contributed by atoms with Gasteiger partial charge in [0.2, 0.25) is 0 Å². The van der Waals surface area contributed by atoms with Gasteiger partial charge in [-0.05, 0) is 50.1 Å². The van der Waals surface area contributed by atoms with Gasteiger partial charge in [0, 0.05) is 11.3 Å². The van der Waals surface area contributed by atoms with Crippen LogP contribution in [0.15, 0.2) is 30.3 Å². The Morgan fingerprint density at radius 1 is 1.04 bits per heavy atom. The number of aromatic nitrogens is 1. The lowest BCUT2D eigenvalue weighted by atomic mass is 10.0. The molecular formula is C18H17N3O3S. The first-order valence-electron chi connectivity index (χ1n) is 7.63. The minimum Gasteiger partial charge on any atom is -0.465 e. The van der Waals surface area contributed by atoms with Crippen molar-refractivity contribution in [1.82, 2.24) is 4.98 Å². The van der Waals surface area contributed by atoms with Crippen LogP contribution in [0.25, 0.3) is 10.2 Å². The molecule has 0 saturated heterocycles. The average Bonchev–Trinajstić information content (AvgIpc) is 2.90. The summed E-state index contributed by atoms with van der Waals surface area (Å²) in [5.41, 5.74) is 5.03. The number of rotatable bonds is 3. The van der Waals surface area contributed by atoms with Crippen molar-refractivity contribution in [3.8, 4) is 0 Å². The molecule has 25 heavy (non-hydrogen) atoms. The summed E-state index contributed by atoms with van der Waals surface area (Å²) in [6, 6.07) is 9.18. The van der Waals surface area contributed by atoms with Crippen LogP contribution in [0, 0.1) is 20.8 Å². The molecule has 0 bridgehead atoms. The van der Waals surface area contributed by atoms with Gasteiger partial charge in [0.25, 0.3) is 5.91 Å². The summed E-state index contributed by atoms with van der Waals surface area (Å²) in [6.07, 6.45) is -1.16. The fraction of sp³-hybridized carbons (Fsp3) is 0.167. The van der Waals surface area contributed by atoms with Gasteiger partial charge in [-0.3, -0.25) is 10.1 Å². The highest BCUT2D eigenvalue weighted by atomic mass is 32.1. The number of carboxylic acid groups (broad SMARTS) is 1. The zero-order chi connectivity index (χ0) is 18.1. The molecule has 128 valence electrons. The SMILES string of the molecule is Cc1cc(C)c(NC(=O)c2ccc3sc(NC(=O)O)nc3c2)c(C)c1. The van der Waals surface area contributed by atoms with E-state index >= 15 is 0 Å². The van der Waals surface area contributed by atoms with Crippen LogP contribution in [0.4, 0.5) is 15.6 Å². The van der Waals surface area contributed by atoms with Crippen LogP contribution in [0.2, 0.25) is 0 Å². The topological polar surface area (TPSA) is 91.3 Å². The number of nitrogens with one attached hydrogen (secondary N) is 2. The Hall–Kier alpha value is -2.93. The molecule has 1 heterocycles. The Kier molecular flexibility index (Phi) is 4.41. The van der Waals surface area contributed by atoms with Gasteiger partial charge in [0.05, 0.1) is 10.2 Å². The van der Waals surface area contributed by atoms with Crippen molar-refractivity contribution in [3.63, 3.8) is 0 Å². The fourth-order valence-electron chi connectivity index (χ4n) is 2.78. The number of amides is 2. The molecule has 1 aromatic heterocycles. The van der Waals surface area contributed by atoms with Crippen LogP contribution in [0.5, 0.6) is 0 Å². The zero-order valence-electron chi connectivity index (χ0n) is 14.0. The molecule has 0 atom stereocenters. The van der Waals surface area contributed by atoms with Crippen molar-refractivity contribution in [2.75, 3.05) is 10.6 Å². The minimum absolute atomic E-state index is 0.224. The molecule has 3 N–H and O–H groups in total. The van der Waals surface area contributed by atoms with E-state index in [-0.39, 0.29) is 11.0 Å². The molecule has 7 heteroatoms. The molecule has 0 spiro atoms. The third-order valence-electron chi connectivity index (χ3n) is 3.78. The second-order valence-corrected chi connectivity index (χ2v) is 6.89. The van der Waals surface area contributed by atoms with Gasteiger partial charge in [-0.1, -0.05) is 29.0 Å².